The molecule has 2 nitrogen and oxygen atoms in total. The van der Waals surface area contributed by atoms with Crippen molar-refractivity contribution in [3.63, 3.8) is 0 Å². The summed E-state index contributed by atoms with van der Waals surface area (Å²) >= 11 is 1.71. The molecule has 1 aromatic carbocycles. The first-order valence-corrected chi connectivity index (χ1v) is 6.52. The Morgan fingerprint density at radius 2 is 2.18 bits per heavy atom. The molecule has 0 amide bonds. The molecule has 1 unspecified atom stereocenters. The van der Waals surface area contributed by atoms with Crippen LogP contribution in [-0.2, 0) is 0 Å². The van der Waals surface area contributed by atoms with Crippen LogP contribution in [0.3, 0.4) is 0 Å². The molecular formula is C12H13F2NOS. The minimum atomic E-state index is -0.970. The van der Waals surface area contributed by atoms with Crippen molar-refractivity contribution in [1.82, 2.24) is 4.90 Å². The lowest BCUT2D eigenvalue weighted by atomic mass is 10.0. The molecule has 5 heteroatoms. The van der Waals surface area contributed by atoms with Crippen LogP contribution in [0.5, 0.6) is 0 Å². The zero-order valence-electron chi connectivity index (χ0n) is 9.45. The van der Waals surface area contributed by atoms with Crippen LogP contribution in [-0.4, -0.2) is 41.8 Å². The number of hydrogen-bond acceptors (Lipinski definition) is 3. The second kappa shape index (κ2) is 5.14. The van der Waals surface area contributed by atoms with Gasteiger partial charge in [-0.15, -0.1) is 0 Å². The molecule has 1 atom stereocenters. The van der Waals surface area contributed by atoms with E-state index in [-0.39, 0.29) is 17.4 Å². The Morgan fingerprint density at radius 3 is 2.82 bits per heavy atom. The van der Waals surface area contributed by atoms with Crippen molar-refractivity contribution in [1.29, 1.82) is 0 Å². The van der Waals surface area contributed by atoms with Gasteiger partial charge < -0.3 is 0 Å². The van der Waals surface area contributed by atoms with Gasteiger partial charge in [-0.25, -0.2) is 8.78 Å². The predicted molar refractivity (Wildman–Crippen MR) is 64.4 cm³/mol. The maximum Gasteiger partial charge on any atom is 0.180 e. The van der Waals surface area contributed by atoms with Crippen LogP contribution in [0.25, 0.3) is 0 Å². The highest BCUT2D eigenvalue weighted by atomic mass is 32.2. The van der Waals surface area contributed by atoms with E-state index < -0.39 is 11.6 Å². The van der Waals surface area contributed by atoms with Crippen molar-refractivity contribution in [3.8, 4) is 0 Å². The molecule has 0 saturated carbocycles. The van der Waals surface area contributed by atoms with Gasteiger partial charge >= 0.3 is 0 Å². The molecule has 17 heavy (non-hydrogen) atoms. The molecule has 1 fully saturated rings. The van der Waals surface area contributed by atoms with Gasteiger partial charge in [-0.05, 0) is 25.2 Å². The third-order valence-electron chi connectivity index (χ3n) is 2.90. The molecule has 1 aromatic rings. The Morgan fingerprint density at radius 1 is 1.41 bits per heavy atom. The van der Waals surface area contributed by atoms with E-state index >= 15 is 0 Å². The van der Waals surface area contributed by atoms with Crippen molar-refractivity contribution >= 4 is 17.5 Å². The summed E-state index contributed by atoms with van der Waals surface area (Å²) in [6.07, 6.45) is 0. The number of Topliss-reactive ketones (excluding diaryl/α,β-unsaturated/α-hetero) is 1. The van der Waals surface area contributed by atoms with Gasteiger partial charge in [0.05, 0.1) is 6.04 Å². The number of rotatable bonds is 2. The Kier molecular flexibility index (Phi) is 3.79. The van der Waals surface area contributed by atoms with Gasteiger partial charge in [0, 0.05) is 23.6 Å². The van der Waals surface area contributed by atoms with Crippen molar-refractivity contribution in [2.24, 2.45) is 0 Å². The lowest BCUT2D eigenvalue weighted by Crippen LogP contribution is -2.44. The molecule has 0 spiro atoms. The van der Waals surface area contributed by atoms with E-state index in [1.807, 2.05) is 11.9 Å². The number of thioether (sulfide) groups is 1. The normalized spacial score (nSPS) is 21.5. The van der Waals surface area contributed by atoms with E-state index in [4.69, 9.17) is 0 Å². The summed E-state index contributed by atoms with van der Waals surface area (Å²) in [5, 5.41) is 0. The van der Waals surface area contributed by atoms with Crippen molar-refractivity contribution in [3.05, 3.63) is 35.4 Å². The zero-order valence-corrected chi connectivity index (χ0v) is 10.3. The predicted octanol–water partition coefficient (Wildman–Crippen LogP) is 2.19. The Bertz CT molecular complexity index is 439. The minimum absolute atomic E-state index is 0.140. The zero-order chi connectivity index (χ0) is 12.4. The Labute approximate surface area is 103 Å². The van der Waals surface area contributed by atoms with Crippen molar-refractivity contribution in [2.75, 3.05) is 25.1 Å². The van der Waals surface area contributed by atoms with E-state index in [0.717, 1.165) is 24.4 Å². The highest BCUT2D eigenvalue weighted by Gasteiger charge is 2.27. The molecule has 0 radical (unpaired) electrons. The standard InChI is InChI=1S/C12H13F2NOS/c1-15-4-5-17-7-11(15)12(16)8-2-3-9(13)10(14)6-8/h2-3,6,11H,4-5,7H2,1H3. The van der Waals surface area contributed by atoms with Gasteiger partial charge in [0.15, 0.2) is 17.4 Å². The van der Waals surface area contributed by atoms with Gasteiger partial charge in [0.1, 0.15) is 0 Å². The third-order valence-corrected chi connectivity index (χ3v) is 3.93. The monoisotopic (exact) mass is 257 g/mol. The molecule has 1 aliphatic rings. The third kappa shape index (κ3) is 2.66. The molecule has 0 aliphatic carbocycles. The van der Waals surface area contributed by atoms with Crippen LogP contribution >= 0.6 is 11.8 Å². The fourth-order valence-electron chi connectivity index (χ4n) is 1.80. The number of likely N-dealkylation sites (N-methyl/N-ethyl adjacent to an activating group) is 1. The number of ketones is 1. The Hall–Kier alpha value is -0.940. The first-order valence-electron chi connectivity index (χ1n) is 5.37. The van der Waals surface area contributed by atoms with Crippen LogP contribution < -0.4 is 0 Å². The van der Waals surface area contributed by atoms with Crippen LogP contribution in [0, 0.1) is 11.6 Å². The van der Waals surface area contributed by atoms with E-state index in [2.05, 4.69) is 0 Å². The number of carbonyl (C=O) groups is 1. The largest absolute Gasteiger partial charge is 0.295 e. The molecule has 0 N–H and O–H groups in total. The van der Waals surface area contributed by atoms with Crippen LogP contribution in [0.1, 0.15) is 10.4 Å². The minimum Gasteiger partial charge on any atom is -0.295 e. The first kappa shape index (κ1) is 12.5. The SMILES string of the molecule is CN1CCSCC1C(=O)c1ccc(F)c(F)c1. The van der Waals surface area contributed by atoms with Crippen molar-refractivity contribution < 1.29 is 13.6 Å². The van der Waals surface area contributed by atoms with Gasteiger partial charge in [0.2, 0.25) is 0 Å². The van der Waals surface area contributed by atoms with Gasteiger partial charge in [-0.3, -0.25) is 9.69 Å². The number of hydrogen-bond donors (Lipinski definition) is 0. The van der Waals surface area contributed by atoms with E-state index in [1.165, 1.54) is 6.07 Å². The molecule has 92 valence electrons. The molecule has 1 heterocycles. The topological polar surface area (TPSA) is 20.3 Å². The number of benzene rings is 1. The summed E-state index contributed by atoms with van der Waals surface area (Å²) in [5.41, 5.74) is 0.239. The number of nitrogens with zero attached hydrogens (tertiary/aromatic N) is 1. The van der Waals surface area contributed by atoms with E-state index in [0.29, 0.717) is 5.75 Å². The van der Waals surface area contributed by atoms with Crippen molar-refractivity contribution in [2.45, 2.75) is 6.04 Å². The average Bonchev–Trinajstić information content (AvgIpc) is 2.32. The summed E-state index contributed by atoms with van der Waals surface area (Å²) in [4.78, 5) is 14.1. The second-order valence-corrected chi connectivity index (χ2v) is 5.21. The van der Waals surface area contributed by atoms with Gasteiger partial charge in [0.25, 0.3) is 0 Å². The van der Waals surface area contributed by atoms with Crippen LogP contribution in [0.4, 0.5) is 8.78 Å². The fourth-order valence-corrected chi connectivity index (χ4v) is 3.02. The summed E-state index contributed by atoms with van der Waals surface area (Å²) in [7, 11) is 1.88. The van der Waals surface area contributed by atoms with E-state index in [9.17, 15) is 13.6 Å². The van der Waals surface area contributed by atoms with Crippen LogP contribution in [0.2, 0.25) is 0 Å². The smallest absolute Gasteiger partial charge is 0.180 e. The summed E-state index contributed by atoms with van der Waals surface area (Å²) in [5.74, 6) is -0.333. The lowest BCUT2D eigenvalue weighted by molar-refractivity contribution is 0.0874. The van der Waals surface area contributed by atoms with Crippen LogP contribution in [0.15, 0.2) is 18.2 Å². The summed E-state index contributed by atoms with van der Waals surface area (Å²) in [6.45, 7) is 0.838. The molecule has 2 rings (SSSR count). The fraction of sp³-hybridized carbons (Fsp3) is 0.417. The highest BCUT2D eigenvalue weighted by Crippen LogP contribution is 2.19. The van der Waals surface area contributed by atoms with Gasteiger partial charge in [-0.1, -0.05) is 0 Å². The highest BCUT2D eigenvalue weighted by molar-refractivity contribution is 7.99. The number of halogens is 2. The quantitative estimate of drug-likeness (QED) is 0.758. The second-order valence-electron chi connectivity index (χ2n) is 4.06. The molecule has 0 aromatic heterocycles. The lowest BCUT2D eigenvalue weighted by Gasteiger charge is -2.30. The maximum atomic E-state index is 13.1. The molecular weight excluding hydrogens is 244 g/mol. The number of carbonyl (C=O) groups excluding carboxylic acids is 1. The molecule has 1 aliphatic heterocycles. The summed E-state index contributed by atoms with van der Waals surface area (Å²) in [6, 6.07) is 3.08. The average molecular weight is 257 g/mol. The van der Waals surface area contributed by atoms with E-state index in [1.54, 1.807) is 11.8 Å². The molecule has 0 bridgehead atoms. The first-order chi connectivity index (χ1) is 8.09. The summed E-state index contributed by atoms with van der Waals surface area (Å²) < 4.78 is 25.8. The Balaban J connectivity index is 2.21. The maximum absolute atomic E-state index is 13.1. The molecule has 1 saturated heterocycles. The van der Waals surface area contributed by atoms with Gasteiger partial charge in [-0.2, -0.15) is 11.8 Å².